The molecule has 160 valence electrons. The average Bonchev–Trinajstić information content (AvgIpc) is 2.76. The van der Waals surface area contributed by atoms with E-state index >= 15 is 0 Å². The minimum atomic E-state index is -0.401. The maximum atomic E-state index is 10.8. The van der Waals surface area contributed by atoms with E-state index in [-0.39, 0.29) is 5.69 Å². The first kappa shape index (κ1) is 22.0. The number of morpholine rings is 1. The number of nitro benzene ring substituents is 1. The first-order valence-electron chi connectivity index (χ1n) is 9.90. The van der Waals surface area contributed by atoms with Gasteiger partial charge in [-0.2, -0.15) is 0 Å². The van der Waals surface area contributed by atoms with Crippen LogP contribution < -0.4 is 10.6 Å². The zero-order valence-corrected chi connectivity index (χ0v) is 17.5. The predicted molar refractivity (Wildman–Crippen MR) is 118 cm³/mol. The molecule has 0 spiro atoms. The van der Waals surface area contributed by atoms with E-state index in [1.54, 1.807) is 12.1 Å². The number of rotatable bonds is 8. The van der Waals surface area contributed by atoms with Crippen molar-refractivity contribution in [2.45, 2.75) is 13.1 Å². The molecule has 2 aromatic rings. The number of hydrogen-bond donors (Lipinski definition) is 2. The predicted octanol–water partition coefficient (Wildman–Crippen LogP) is 2.82. The summed E-state index contributed by atoms with van der Waals surface area (Å²) in [5, 5.41) is 18.2. The molecule has 1 saturated heterocycles. The van der Waals surface area contributed by atoms with Gasteiger partial charge in [0, 0.05) is 49.9 Å². The molecule has 0 radical (unpaired) electrons. The van der Waals surface area contributed by atoms with E-state index in [0.29, 0.717) is 24.1 Å². The molecule has 1 heterocycles. The number of ether oxygens (including phenoxy) is 1. The Morgan fingerprint density at radius 3 is 2.60 bits per heavy atom. The molecule has 1 fully saturated rings. The van der Waals surface area contributed by atoms with Gasteiger partial charge in [-0.25, -0.2) is 4.99 Å². The number of hydrogen-bond acceptors (Lipinski definition) is 5. The zero-order chi connectivity index (χ0) is 21.2. The Labute approximate surface area is 181 Å². The Balaban J connectivity index is 1.58. The van der Waals surface area contributed by atoms with Gasteiger partial charge in [0.2, 0.25) is 0 Å². The number of guanidine groups is 1. The third kappa shape index (κ3) is 7.29. The lowest BCUT2D eigenvalue weighted by molar-refractivity contribution is -0.384. The second kappa shape index (κ2) is 11.5. The molecule has 8 nitrogen and oxygen atoms in total. The van der Waals surface area contributed by atoms with Crippen LogP contribution in [-0.2, 0) is 17.8 Å². The smallest absolute Gasteiger partial charge is 0.269 e. The van der Waals surface area contributed by atoms with E-state index in [4.69, 9.17) is 16.3 Å². The van der Waals surface area contributed by atoms with Crippen molar-refractivity contribution in [3.63, 3.8) is 0 Å². The summed E-state index contributed by atoms with van der Waals surface area (Å²) in [6, 6.07) is 14.1. The van der Waals surface area contributed by atoms with Crippen LogP contribution in [0.5, 0.6) is 0 Å². The Morgan fingerprint density at radius 1 is 1.13 bits per heavy atom. The first-order valence-corrected chi connectivity index (χ1v) is 10.3. The van der Waals surface area contributed by atoms with Crippen molar-refractivity contribution < 1.29 is 9.66 Å². The molecule has 0 aromatic heterocycles. The molecule has 0 aliphatic carbocycles. The van der Waals surface area contributed by atoms with Crippen LogP contribution in [0, 0.1) is 10.1 Å². The second-order valence-electron chi connectivity index (χ2n) is 6.95. The van der Waals surface area contributed by atoms with Gasteiger partial charge in [-0.15, -0.1) is 0 Å². The quantitative estimate of drug-likeness (QED) is 0.289. The molecule has 0 bridgehead atoms. The second-order valence-corrected chi connectivity index (χ2v) is 7.39. The van der Waals surface area contributed by atoms with Gasteiger partial charge in [0.25, 0.3) is 5.69 Å². The van der Waals surface area contributed by atoms with Crippen LogP contribution in [-0.4, -0.2) is 55.2 Å². The van der Waals surface area contributed by atoms with E-state index in [0.717, 1.165) is 50.5 Å². The Morgan fingerprint density at radius 2 is 1.90 bits per heavy atom. The molecule has 1 aliphatic heterocycles. The first-order chi connectivity index (χ1) is 14.6. The Bertz CT molecular complexity index is 854. The topological polar surface area (TPSA) is 92.0 Å². The van der Waals surface area contributed by atoms with Gasteiger partial charge in [0.1, 0.15) is 0 Å². The third-order valence-corrected chi connectivity index (χ3v) is 4.98. The van der Waals surface area contributed by atoms with Crippen LogP contribution in [0.1, 0.15) is 11.1 Å². The van der Waals surface area contributed by atoms with Gasteiger partial charge >= 0.3 is 0 Å². The number of nitrogens with one attached hydrogen (secondary N) is 2. The highest BCUT2D eigenvalue weighted by atomic mass is 35.5. The van der Waals surface area contributed by atoms with Crippen LogP contribution in [0.25, 0.3) is 0 Å². The fraction of sp³-hybridized carbons (Fsp3) is 0.381. The molecular weight excluding hydrogens is 406 g/mol. The lowest BCUT2D eigenvalue weighted by Crippen LogP contribution is -2.44. The number of nitro groups is 1. The van der Waals surface area contributed by atoms with Crippen molar-refractivity contribution in [3.8, 4) is 0 Å². The van der Waals surface area contributed by atoms with Gasteiger partial charge in [-0.3, -0.25) is 15.0 Å². The summed E-state index contributed by atoms with van der Waals surface area (Å²) < 4.78 is 5.38. The van der Waals surface area contributed by atoms with Crippen LogP contribution in [0.3, 0.4) is 0 Å². The van der Waals surface area contributed by atoms with Gasteiger partial charge in [-0.1, -0.05) is 35.9 Å². The van der Waals surface area contributed by atoms with Crippen LogP contribution >= 0.6 is 11.6 Å². The van der Waals surface area contributed by atoms with Gasteiger partial charge in [0.15, 0.2) is 5.96 Å². The number of aliphatic imine (C=N–C) groups is 1. The van der Waals surface area contributed by atoms with Gasteiger partial charge in [-0.05, 0) is 23.3 Å². The summed E-state index contributed by atoms with van der Waals surface area (Å²) in [6.07, 6.45) is 0. The maximum absolute atomic E-state index is 10.8. The van der Waals surface area contributed by atoms with Crippen molar-refractivity contribution >= 4 is 23.2 Å². The fourth-order valence-corrected chi connectivity index (χ4v) is 3.27. The standard InChI is InChI=1S/C21H26ClN5O3/c22-19-3-1-2-18(14-19)16-25-21(23-8-9-26-10-12-30-13-11-26)24-15-17-4-6-20(7-5-17)27(28)29/h1-7,14H,8-13,15-16H2,(H2,23,24,25). The van der Waals surface area contributed by atoms with Crippen molar-refractivity contribution in [1.82, 2.24) is 15.5 Å². The molecule has 1 aliphatic rings. The molecule has 2 aromatic carbocycles. The minimum Gasteiger partial charge on any atom is -0.379 e. The number of halogens is 1. The average molecular weight is 432 g/mol. The summed E-state index contributed by atoms with van der Waals surface area (Å²) in [5.41, 5.74) is 2.04. The van der Waals surface area contributed by atoms with E-state index in [2.05, 4.69) is 20.5 Å². The SMILES string of the molecule is O=[N+]([O-])c1ccc(CNC(=NCc2cccc(Cl)c2)NCCN2CCOCC2)cc1. The van der Waals surface area contributed by atoms with E-state index < -0.39 is 4.92 Å². The minimum absolute atomic E-state index is 0.0808. The molecule has 2 N–H and O–H groups in total. The van der Waals surface area contributed by atoms with Crippen LogP contribution in [0.2, 0.25) is 5.02 Å². The number of benzene rings is 2. The molecule has 0 amide bonds. The maximum Gasteiger partial charge on any atom is 0.269 e. The largest absolute Gasteiger partial charge is 0.379 e. The summed E-state index contributed by atoms with van der Waals surface area (Å²) >= 11 is 6.06. The molecule has 0 atom stereocenters. The van der Waals surface area contributed by atoms with Crippen LogP contribution in [0.15, 0.2) is 53.5 Å². The lowest BCUT2D eigenvalue weighted by atomic mass is 10.2. The highest BCUT2D eigenvalue weighted by molar-refractivity contribution is 6.30. The van der Waals surface area contributed by atoms with Crippen molar-refractivity contribution in [1.29, 1.82) is 0 Å². The van der Waals surface area contributed by atoms with Crippen molar-refractivity contribution in [3.05, 3.63) is 74.8 Å². The summed E-state index contributed by atoms with van der Waals surface area (Å²) in [5.74, 6) is 0.682. The van der Waals surface area contributed by atoms with Crippen molar-refractivity contribution in [2.24, 2.45) is 4.99 Å². The summed E-state index contributed by atoms with van der Waals surface area (Å²) in [6.45, 7) is 6.08. The summed E-state index contributed by atoms with van der Waals surface area (Å²) in [7, 11) is 0. The molecule has 0 unspecified atom stereocenters. The normalized spacial score (nSPS) is 15.0. The highest BCUT2D eigenvalue weighted by Gasteiger charge is 2.10. The van der Waals surface area contributed by atoms with E-state index in [9.17, 15) is 10.1 Å². The lowest BCUT2D eigenvalue weighted by Gasteiger charge is -2.26. The van der Waals surface area contributed by atoms with Gasteiger partial charge < -0.3 is 15.4 Å². The monoisotopic (exact) mass is 431 g/mol. The molecule has 9 heteroatoms. The van der Waals surface area contributed by atoms with Gasteiger partial charge in [0.05, 0.1) is 24.7 Å². The zero-order valence-electron chi connectivity index (χ0n) is 16.7. The highest BCUT2D eigenvalue weighted by Crippen LogP contribution is 2.12. The van der Waals surface area contributed by atoms with Crippen LogP contribution in [0.4, 0.5) is 5.69 Å². The van der Waals surface area contributed by atoms with Crippen molar-refractivity contribution in [2.75, 3.05) is 39.4 Å². The fourth-order valence-electron chi connectivity index (χ4n) is 3.06. The molecular formula is C21H26ClN5O3. The molecule has 0 saturated carbocycles. The number of non-ortho nitro benzene ring substituents is 1. The Kier molecular flexibility index (Phi) is 8.43. The molecule has 30 heavy (non-hydrogen) atoms. The summed E-state index contributed by atoms with van der Waals surface area (Å²) in [4.78, 5) is 17.4. The van der Waals surface area contributed by atoms with E-state index in [1.165, 1.54) is 12.1 Å². The third-order valence-electron chi connectivity index (χ3n) is 4.74. The number of nitrogens with zero attached hydrogens (tertiary/aromatic N) is 3. The molecule has 3 rings (SSSR count). The van der Waals surface area contributed by atoms with E-state index in [1.807, 2.05) is 24.3 Å². The Hall–Kier alpha value is -2.68.